The molecule has 0 atom stereocenters. The van der Waals surface area contributed by atoms with E-state index in [0.29, 0.717) is 0 Å². The van der Waals surface area contributed by atoms with Crippen molar-refractivity contribution >= 4 is 49.1 Å². The standard InChI is InChI=1S/C27H17N3/c1-2-8-18(9-3-1)30-24-13-7-6-11-20(24)23-16-22-19-10-4-5-12-21(19)27-28-14-15-29(27)25(22)17-26(23)30/h1-17H. The second kappa shape index (κ2) is 5.71. The van der Waals surface area contributed by atoms with Gasteiger partial charge in [-0.15, -0.1) is 0 Å². The van der Waals surface area contributed by atoms with Crippen LogP contribution in [-0.2, 0) is 0 Å². The maximum atomic E-state index is 4.66. The highest BCUT2D eigenvalue weighted by atomic mass is 15.0. The van der Waals surface area contributed by atoms with E-state index in [2.05, 4.69) is 111 Å². The Morgan fingerprint density at radius 2 is 1.23 bits per heavy atom. The molecule has 4 aromatic carbocycles. The molecule has 0 saturated heterocycles. The first-order chi connectivity index (χ1) is 14.9. The number of imidazole rings is 1. The van der Waals surface area contributed by atoms with E-state index in [1.165, 1.54) is 49.2 Å². The minimum Gasteiger partial charge on any atom is -0.309 e. The Hall–Kier alpha value is -4.11. The third-order valence-corrected chi connectivity index (χ3v) is 6.16. The van der Waals surface area contributed by atoms with Gasteiger partial charge in [-0.2, -0.15) is 0 Å². The molecule has 0 fully saturated rings. The zero-order chi connectivity index (χ0) is 19.7. The summed E-state index contributed by atoms with van der Waals surface area (Å²) >= 11 is 0. The van der Waals surface area contributed by atoms with Gasteiger partial charge in [-0.05, 0) is 35.7 Å². The molecule has 3 heteroatoms. The minimum atomic E-state index is 1.000. The lowest BCUT2D eigenvalue weighted by Crippen LogP contribution is -1.95. The van der Waals surface area contributed by atoms with Crippen LogP contribution in [0.5, 0.6) is 0 Å². The molecule has 3 heterocycles. The van der Waals surface area contributed by atoms with Crippen LogP contribution >= 0.6 is 0 Å². The number of para-hydroxylation sites is 2. The Kier molecular flexibility index (Phi) is 3.00. The summed E-state index contributed by atoms with van der Waals surface area (Å²) in [7, 11) is 0. The van der Waals surface area contributed by atoms with Gasteiger partial charge in [0.15, 0.2) is 0 Å². The number of benzene rings is 4. The summed E-state index contributed by atoms with van der Waals surface area (Å²) in [6, 6.07) is 32.5. The van der Waals surface area contributed by atoms with Gasteiger partial charge in [-0.1, -0.05) is 60.7 Å². The van der Waals surface area contributed by atoms with E-state index in [9.17, 15) is 0 Å². The van der Waals surface area contributed by atoms with Crippen molar-refractivity contribution in [2.75, 3.05) is 0 Å². The van der Waals surface area contributed by atoms with E-state index in [1.807, 2.05) is 6.20 Å². The van der Waals surface area contributed by atoms with Gasteiger partial charge in [-0.25, -0.2) is 4.98 Å². The highest BCUT2D eigenvalue weighted by molar-refractivity contribution is 6.19. The van der Waals surface area contributed by atoms with Crippen molar-refractivity contribution in [3.63, 3.8) is 0 Å². The first-order valence-electron chi connectivity index (χ1n) is 10.2. The van der Waals surface area contributed by atoms with E-state index < -0.39 is 0 Å². The highest BCUT2D eigenvalue weighted by Gasteiger charge is 2.16. The van der Waals surface area contributed by atoms with Crippen molar-refractivity contribution in [2.24, 2.45) is 0 Å². The number of fused-ring (bicyclic) bond motifs is 9. The number of hydrogen-bond donors (Lipinski definition) is 0. The average molecular weight is 383 g/mol. The van der Waals surface area contributed by atoms with Crippen LogP contribution in [0.25, 0.3) is 54.8 Å². The third kappa shape index (κ3) is 1.96. The monoisotopic (exact) mass is 383 g/mol. The van der Waals surface area contributed by atoms with E-state index in [-0.39, 0.29) is 0 Å². The van der Waals surface area contributed by atoms with E-state index in [1.54, 1.807) is 0 Å². The van der Waals surface area contributed by atoms with Crippen LogP contribution in [0.3, 0.4) is 0 Å². The molecule has 0 saturated carbocycles. The van der Waals surface area contributed by atoms with Crippen molar-refractivity contribution in [1.29, 1.82) is 0 Å². The lowest BCUT2D eigenvalue weighted by Gasteiger charge is -2.11. The first-order valence-corrected chi connectivity index (χ1v) is 10.2. The maximum absolute atomic E-state index is 4.66. The summed E-state index contributed by atoms with van der Waals surface area (Å²) in [6.45, 7) is 0. The summed E-state index contributed by atoms with van der Waals surface area (Å²) < 4.78 is 4.58. The van der Waals surface area contributed by atoms with Crippen LogP contribution < -0.4 is 0 Å². The molecule has 0 spiro atoms. The molecule has 3 nitrogen and oxygen atoms in total. The Morgan fingerprint density at radius 1 is 0.533 bits per heavy atom. The van der Waals surface area contributed by atoms with Gasteiger partial charge in [0.05, 0.1) is 16.6 Å². The molecule has 0 amide bonds. The molecule has 7 rings (SSSR count). The molecule has 7 aromatic rings. The van der Waals surface area contributed by atoms with Gasteiger partial charge < -0.3 is 4.57 Å². The SMILES string of the molecule is c1ccc(-n2c3ccccc3c3cc4c5ccccc5c5nccn5c4cc32)cc1. The molecule has 30 heavy (non-hydrogen) atoms. The van der Waals surface area contributed by atoms with Crippen molar-refractivity contribution in [3.8, 4) is 5.69 Å². The lowest BCUT2D eigenvalue weighted by molar-refractivity contribution is 1.18. The quantitative estimate of drug-likeness (QED) is 0.288. The van der Waals surface area contributed by atoms with Gasteiger partial charge in [0.1, 0.15) is 5.65 Å². The van der Waals surface area contributed by atoms with Gasteiger partial charge in [0.25, 0.3) is 0 Å². The summed E-state index contributed by atoms with van der Waals surface area (Å²) in [5.74, 6) is 0. The van der Waals surface area contributed by atoms with Crippen LogP contribution in [0, 0.1) is 0 Å². The summed E-state index contributed by atoms with van der Waals surface area (Å²) in [6.07, 6.45) is 3.95. The molecule has 0 bridgehead atoms. The smallest absolute Gasteiger partial charge is 0.145 e. The van der Waals surface area contributed by atoms with Crippen LogP contribution in [-0.4, -0.2) is 14.0 Å². The Labute approximate surface area is 172 Å². The fourth-order valence-electron chi connectivity index (χ4n) is 4.88. The summed E-state index contributed by atoms with van der Waals surface area (Å²) in [4.78, 5) is 4.66. The second-order valence-corrected chi connectivity index (χ2v) is 7.74. The Balaban J connectivity index is 1.77. The molecular formula is C27H17N3. The van der Waals surface area contributed by atoms with Crippen LogP contribution in [0.4, 0.5) is 0 Å². The molecular weight excluding hydrogens is 366 g/mol. The second-order valence-electron chi connectivity index (χ2n) is 7.74. The molecule has 0 radical (unpaired) electrons. The topological polar surface area (TPSA) is 22.2 Å². The summed E-state index contributed by atoms with van der Waals surface area (Å²) in [5.41, 5.74) is 5.78. The highest BCUT2D eigenvalue weighted by Crippen LogP contribution is 2.37. The minimum absolute atomic E-state index is 1.000. The van der Waals surface area contributed by atoms with E-state index in [0.717, 1.165) is 5.65 Å². The van der Waals surface area contributed by atoms with Crippen molar-refractivity contribution in [1.82, 2.24) is 14.0 Å². The largest absolute Gasteiger partial charge is 0.309 e. The molecule has 0 aliphatic carbocycles. The zero-order valence-electron chi connectivity index (χ0n) is 16.2. The summed E-state index contributed by atoms with van der Waals surface area (Å²) in [5, 5.41) is 6.21. The number of hydrogen-bond acceptors (Lipinski definition) is 1. The van der Waals surface area contributed by atoms with Crippen LogP contribution in [0.2, 0.25) is 0 Å². The van der Waals surface area contributed by atoms with Gasteiger partial charge in [-0.3, -0.25) is 4.40 Å². The molecule has 0 aliphatic heterocycles. The van der Waals surface area contributed by atoms with Crippen LogP contribution in [0.15, 0.2) is 103 Å². The predicted octanol–water partition coefficient (Wildman–Crippen LogP) is 6.74. The zero-order valence-corrected chi connectivity index (χ0v) is 16.2. The van der Waals surface area contributed by atoms with E-state index in [4.69, 9.17) is 0 Å². The Morgan fingerprint density at radius 3 is 2.10 bits per heavy atom. The first kappa shape index (κ1) is 15.8. The van der Waals surface area contributed by atoms with Gasteiger partial charge in [0, 0.05) is 39.6 Å². The Bertz CT molecular complexity index is 1740. The fraction of sp³-hybridized carbons (Fsp3) is 0. The molecule has 0 unspecified atom stereocenters. The molecule has 0 aliphatic rings. The van der Waals surface area contributed by atoms with Gasteiger partial charge in [0.2, 0.25) is 0 Å². The van der Waals surface area contributed by atoms with Crippen molar-refractivity contribution < 1.29 is 0 Å². The number of rotatable bonds is 1. The van der Waals surface area contributed by atoms with E-state index >= 15 is 0 Å². The van der Waals surface area contributed by atoms with Crippen molar-refractivity contribution in [2.45, 2.75) is 0 Å². The normalized spacial score (nSPS) is 12.0. The molecule has 3 aromatic heterocycles. The average Bonchev–Trinajstić information content (AvgIpc) is 3.42. The van der Waals surface area contributed by atoms with Crippen LogP contribution in [0.1, 0.15) is 0 Å². The molecule has 0 N–H and O–H groups in total. The van der Waals surface area contributed by atoms with Crippen molar-refractivity contribution in [3.05, 3.63) is 103 Å². The fourth-order valence-corrected chi connectivity index (χ4v) is 4.88. The number of pyridine rings is 1. The van der Waals surface area contributed by atoms with Gasteiger partial charge >= 0.3 is 0 Å². The maximum Gasteiger partial charge on any atom is 0.145 e. The number of aromatic nitrogens is 3. The predicted molar refractivity (Wildman–Crippen MR) is 125 cm³/mol. The lowest BCUT2D eigenvalue weighted by atomic mass is 10.0. The third-order valence-electron chi connectivity index (χ3n) is 6.16. The molecule has 140 valence electrons. The number of nitrogens with zero attached hydrogens (tertiary/aromatic N) is 3.